The summed E-state index contributed by atoms with van der Waals surface area (Å²) in [7, 11) is 0. The lowest BCUT2D eigenvalue weighted by Crippen LogP contribution is -2.21. The highest BCUT2D eigenvalue weighted by molar-refractivity contribution is 5.93. The van der Waals surface area contributed by atoms with Gasteiger partial charge in [-0.15, -0.1) is 0 Å². The predicted octanol–water partition coefficient (Wildman–Crippen LogP) is 2.76. The summed E-state index contributed by atoms with van der Waals surface area (Å²) in [5.41, 5.74) is 8.15. The van der Waals surface area contributed by atoms with E-state index in [1.165, 1.54) is 6.07 Å². The van der Waals surface area contributed by atoms with Crippen LogP contribution in [-0.4, -0.2) is 5.91 Å². The molecule has 4 heteroatoms. The largest absolute Gasteiger partial charge is 0.326 e. The Morgan fingerprint density at radius 1 is 1.39 bits per heavy atom. The molecule has 1 aromatic carbocycles. The van der Waals surface area contributed by atoms with Gasteiger partial charge in [0.15, 0.2) is 0 Å². The van der Waals surface area contributed by atoms with Crippen molar-refractivity contribution in [3.05, 3.63) is 29.1 Å². The van der Waals surface area contributed by atoms with Gasteiger partial charge in [0.2, 0.25) is 5.91 Å². The summed E-state index contributed by atoms with van der Waals surface area (Å²) in [5.74, 6) is 0.0420. The molecule has 0 saturated carbocycles. The van der Waals surface area contributed by atoms with E-state index in [-0.39, 0.29) is 17.8 Å². The maximum absolute atomic E-state index is 14.0. The van der Waals surface area contributed by atoms with Crippen LogP contribution in [0.5, 0.6) is 0 Å². The van der Waals surface area contributed by atoms with Gasteiger partial charge in [0, 0.05) is 23.7 Å². The molecule has 1 aliphatic heterocycles. The number of aryl methyl sites for hydroxylation is 1. The third-order valence-electron chi connectivity index (χ3n) is 3.24. The molecule has 1 amide bonds. The molecule has 0 saturated heterocycles. The molecule has 0 aliphatic carbocycles. The number of carbonyl (C=O) groups is 1. The molecule has 0 aromatic heterocycles. The number of hydrogen-bond acceptors (Lipinski definition) is 2. The Morgan fingerprint density at radius 2 is 2.11 bits per heavy atom. The van der Waals surface area contributed by atoms with Gasteiger partial charge >= 0.3 is 0 Å². The van der Waals surface area contributed by atoms with Gasteiger partial charge in [0.1, 0.15) is 5.82 Å². The van der Waals surface area contributed by atoms with Crippen LogP contribution in [0, 0.1) is 11.7 Å². The smallest absolute Gasteiger partial charge is 0.224 e. The first-order valence-electron chi connectivity index (χ1n) is 6.35. The molecule has 98 valence electrons. The summed E-state index contributed by atoms with van der Waals surface area (Å²) in [6.45, 7) is 4.13. The Kier molecular flexibility index (Phi) is 3.66. The van der Waals surface area contributed by atoms with Crippen molar-refractivity contribution in [1.29, 1.82) is 0 Å². The minimum absolute atomic E-state index is 0.0545. The number of nitrogens with one attached hydrogen (secondary N) is 1. The summed E-state index contributed by atoms with van der Waals surface area (Å²) < 4.78 is 14.0. The van der Waals surface area contributed by atoms with Gasteiger partial charge in [0.25, 0.3) is 0 Å². The third-order valence-corrected chi connectivity index (χ3v) is 3.24. The highest BCUT2D eigenvalue weighted by Gasteiger charge is 2.20. The first-order chi connectivity index (χ1) is 8.47. The molecule has 1 heterocycles. The topological polar surface area (TPSA) is 55.1 Å². The predicted molar refractivity (Wildman–Crippen MR) is 69.7 cm³/mol. The Morgan fingerprint density at radius 3 is 2.78 bits per heavy atom. The summed E-state index contributed by atoms with van der Waals surface area (Å²) in [6, 6.07) is 2.91. The minimum Gasteiger partial charge on any atom is -0.326 e. The molecule has 2 rings (SSSR count). The summed E-state index contributed by atoms with van der Waals surface area (Å²) in [6.07, 6.45) is 1.86. The molecule has 3 N–H and O–H groups in total. The molecule has 1 aromatic rings. The van der Waals surface area contributed by atoms with Crippen molar-refractivity contribution >= 4 is 11.6 Å². The molecule has 3 nitrogen and oxygen atoms in total. The van der Waals surface area contributed by atoms with Crippen LogP contribution in [0.25, 0.3) is 0 Å². The van der Waals surface area contributed by atoms with Crippen molar-refractivity contribution < 1.29 is 9.18 Å². The number of benzene rings is 1. The van der Waals surface area contributed by atoms with Gasteiger partial charge in [-0.25, -0.2) is 4.39 Å². The van der Waals surface area contributed by atoms with E-state index in [1.807, 2.05) is 0 Å². The number of nitrogens with two attached hydrogens (primary N) is 1. The zero-order valence-electron chi connectivity index (χ0n) is 10.8. The van der Waals surface area contributed by atoms with Crippen LogP contribution in [0.3, 0.4) is 0 Å². The number of fused-ring (bicyclic) bond motifs is 1. The number of hydrogen-bond donors (Lipinski definition) is 2. The highest BCUT2D eigenvalue weighted by atomic mass is 19.1. The maximum Gasteiger partial charge on any atom is 0.224 e. The highest BCUT2D eigenvalue weighted by Crippen LogP contribution is 2.30. The standard InChI is InChI=1S/C14H19FN2O/c1-8(2)5-12(16)10-6-9-3-4-14(18)17-13(9)7-11(10)15/h6-8,12H,3-5,16H2,1-2H3,(H,17,18). The lowest BCUT2D eigenvalue weighted by molar-refractivity contribution is -0.116. The van der Waals surface area contributed by atoms with Crippen molar-refractivity contribution in [1.82, 2.24) is 0 Å². The van der Waals surface area contributed by atoms with Gasteiger partial charge in [-0.2, -0.15) is 0 Å². The number of halogens is 1. The Hall–Kier alpha value is -1.42. The lowest BCUT2D eigenvalue weighted by Gasteiger charge is -2.21. The molecule has 0 spiro atoms. The van der Waals surface area contributed by atoms with Crippen molar-refractivity contribution in [2.45, 2.75) is 39.2 Å². The van der Waals surface area contributed by atoms with Crippen LogP contribution in [0.1, 0.15) is 43.9 Å². The van der Waals surface area contributed by atoms with E-state index < -0.39 is 0 Å². The Bertz CT molecular complexity index is 471. The summed E-state index contributed by atoms with van der Waals surface area (Å²) >= 11 is 0. The van der Waals surface area contributed by atoms with Crippen molar-refractivity contribution in [3.8, 4) is 0 Å². The average Bonchev–Trinajstić information content (AvgIpc) is 2.26. The van der Waals surface area contributed by atoms with E-state index in [2.05, 4.69) is 19.2 Å². The van der Waals surface area contributed by atoms with E-state index in [1.54, 1.807) is 6.07 Å². The van der Waals surface area contributed by atoms with E-state index in [4.69, 9.17) is 5.73 Å². The SMILES string of the molecule is CC(C)CC(N)c1cc2c(cc1F)NC(=O)CC2. The second kappa shape index (κ2) is 5.06. The summed E-state index contributed by atoms with van der Waals surface area (Å²) in [4.78, 5) is 11.2. The molecule has 1 aliphatic rings. The van der Waals surface area contributed by atoms with Gasteiger partial charge < -0.3 is 11.1 Å². The van der Waals surface area contributed by atoms with Gasteiger partial charge in [0.05, 0.1) is 0 Å². The molecule has 0 bridgehead atoms. The minimum atomic E-state index is -0.330. The monoisotopic (exact) mass is 250 g/mol. The van der Waals surface area contributed by atoms with Crippen LogP contribution in [-0.2, 0) is 11.2 Å². The normalized spacial score (nSPS) is 16.4. The Balaban J connectivity index is 2.30. The second-order valence-corrected chi connectivity index (χ2v) is 5.32. The molecule has 1 atom stereocenters. The first-order valence-corrected chi connectivity index (χ1v) is 6.35. The fourth-order valence-electron chi connectivity index (χ4n) is 2.34. The average molecular weight is 250 g/mol. The van der Waals surface area contributed by atoms with Crippen molar-refractivity contribution in [3.63, 3.8) is 0 Å². The lowest BCUT2D eigenvalue weighted by atomic mass is 9.93. The van der Waals surface area contributed by atoms with Crippen LogP contribution >= 0.6 is 0 Å². The fourth-order valence-corrected chi connectivity index (χ4v) is 2.34. The molecular weight excluding hydrogens is 231 g/mol. The van der Waals surface area contributed by atoms with Crippen LogP contribution in [0.2, 0.25) is 0 Å². The molecule has 18 heavy (non-hydrogen) atoms. The van der Waals surface area contributed by atoms with Gasteiger partial charge in [-0.1, -0.05) is 13.8 Å². The maximum atomic E-state index is 14.0. The van der Waals surface area contributed by atoms with E-state index in [0.717, 1.165) is 12.0 Å². The molecule has 1 unspecified atom stereocenters. The number of anilines is 1. The van der Waals surface area contributed by atoms with Crippen molar-refractivity contribution in [2.24, 2.45) is 11.7 Å². The van der Waals surface area contributed by atoms with E-state index in [0.29, 0.717) is 30.0 Å². The fraction of sp³-hybridized carbons (Fsp3) is 0.500. The summed E-state index contributed by atoms with van der Waals surface area (Å²) in [5, 5.41) is 2.69. The number of rotatable bonds is 3. The second-order valence-electron chi connectivity index (χ2n) is 5.32. The van der Waals surface area contributed by atoms with Crippen LogP contribution in [0.4, 0.5) is 10.1 Å². The molecule has 0 fully saturated rings. The van der Waals surface area contributed by atoms with Crippen LogP contribution < -0.4 is 11.1 Å². The van der Waals surface area contributed by atoms with Crippen molar-refractivity contribution in [2.75, 3.05) is 5.32 Å². The van der Waals surface area contributed by atoms with E-state index in [9.17, 15) is 9.18 Å². The third kappa shape index (κ3) is 2.70. The zero-order valence-corrected chi connectivity index (χ0v) is 10.8. The van der Waals surface area contributed by atoms with Crippen LogP contribution in [0.15, 0.2) is 12.1 Å². The molecule has 0 radical (unpaired) electrons. The Labute approximate surface area is 107 Å². The first kappa shape index (κ1) is 13.0. The quantitative estimate of drug-likeness (QED) is 0.866. The van der Waals surface area contributed by atoms with Gasteiger partial charge in [-0.05, 0) is 36.5 Å². The molecular formula is C14H19FN2O. The number of amides is 1. The zero-order chi connectivity index (χ0) is 13.3. The number of carbonyl (C=O) groups excluding carboxylic acids is 1. The van der Waals surface area contributed by atoms with Gasteiger partial charge in [-0.3, -0.25) is 4.79 Å². The van der Waals surface area contributed by atoms with E-state index >= 15 is 0 Å².